The van der Waals surface area contributed by atoms with Crippen molar-refractivity contribution in [3.05, 3.63) is 57.9 Å². The molecule has 0 bridgehead atoms. The molecule has 0 aliphatic carbocycles. The smallest absolute Gasteiger partial charge is 0.413 e. The molecular weight excluding hydrogens is 740 g/mol. The summed E-state index contributed by atoms with van der Waals surface area (Å²) in [6.45, 7) is 18.1. The van der Waals surface area contributed by atoms with Gasteiger partial charge in [0.15, 0.2) is 31.5 Å². The normalized spacial score (nSPS) is 19.2. The Morgan fingerprint density at radius 2 is 1.67 bits per heavy atom. The zero-order chi connectivity index (χ0) is 40.1. The number of anilines is 1. The summed E-state index contributed by atoms with van der Waals surface area (Å²) < 4.78 is 37.5. The first kappa shape index (κ1) is 42.4. The molecule has 4 atom stereocenters. The predicted octanol–water partition coefficient (Wildman–Crippen LogP) is 6.92. The van der Waals surface area contributed by atoms with Gasteiger partial charge in [0.2, 0.25) is 5.28 Å². The summed E-state index contributed by atoms with van der Waals surface area (Å²) in [4.78, 5) is 56.3. The highest BCUT2D eigenvalue weighted by Crippen LogP contribution is 2.44. The number of aromatic nitrogens is 4. The number of azide groups is 1. The SMILES string of the molecule is CCOC(=O)C(Cc1ccccc1)(OC[C@H]1O[C@@H](n2cnc3c(NC(=O)OC(C)(C)C)nc(Cl)nc32)[C@H](O[Si](C)(C)C(C)(C)C)[C@@H]1N=[N+]=[N-])C(=O)OCC. The number of carbonyl (C=O) groups is 3. The molecule has 0 radical (unpaired) electrons. The maximum atomic E-state index is 13.7. The van der Waals surface area contributed by atoms with Crippen molar-refractivity contribution >= 4 is 54.9 Å². The number of hydrogen-bond donors (Lipinski definition) is 1. The Bertz CT molecular complexity index is 1840. The zero-order valence-corrected chi connectivity index (χ0v) is 34.0. The number of benzene rings is 1. The molecule has 54 heavy (non-hydrogen) atoms. The molecule has 1 N–H and O–H groups in total. The van der Waals surface area contributed by atoms with Crippen molar-refractivity contribution in [2.45, 2.75) is 116 Å². The Morgan fingerprint density at radius 1 is 1.04 bits per heavy atom. The van der Waals surface area contributed by atoms with Crippen molar-refractivity contribution < 1.29 is 42.5 Å². The van der Waals surface area contributed by atoms with E-state index in [2.05, 4.69) is 51.1 Å². The van der Waals surface area contributed by atoms with Crippen molar-refractivity contribution in [2.24, 2.45) is 5.11 Å². The molecule has 0 unspecified atom stereocenters. The largest absolute Gasteiger partial charge is 0.463 e. The Labute approximate surface area is 320 Å². The van der Waals surface area contributed by atoms with Gasteiger partial charge in [-0.3, -0.25) is 9.88 Å². The van der Waals surface area contributed by atoms with Crippen LogP contribution in [-0.4, -0.2) is 95.1 Å². The van der Waals surface area contributed by atoms with Gasteiger partial charge in [0, 0.05) is 11.3 Å². The number of amides is 1. The molecule has 4 rings (SSSR count). The van der Waals surface area contributed by atoms with Gasteiger partial charge in [-0.25, -0.2) is 19.4 Å². The molecule has 1 aliphatic rings. The number of esters is 2. The molecule has 2 aromatic heterocycles. The average Bonchev–Trinajstić information content (AvgIpc) is 3.63. The van der Waals surface area contributed by atoms with Crippen molar-refractivity contribution in [3.8, 4) is 0 Å². The van der Waals surface area contributed by atoms with Crippen LogP contribution in [0.25, 0.3) is 21.6 Å². The van der Waals surface area contributed by atoms with E-state index in [-0.39, 0.29) is 46.9 Å². The number of rotatable bonds is 14. The first-order valence-corrected chi connectivity index (χ1v) is 20.9. The van der Waals surface area contributed by atoms with Crippen LogP contribution in [0.15, 0.2) is 41.8 Å². The van der Waals surface area contributed by atoms with Gasteiger partial charge in [0.1, 0.15) is 11.7 Å². The van der Waals surface area contributed by atoms with Crippen LogP contribution >= 0.6 is 11.6 Å². The molecule has 1 fully saturated rings. The lowest BCUT2D eigenvalue weighted by Crippen LogP contribution is -2.54. The highest BCUT2D eigenvalue weighted by atomic mass is 35.5. The van der Waals surface area contributed by atoms with Crippen LogP contribution in [0.3, 0.4) is 0 Å². The highest BCUT2D eigenvalue weighted by Gasteiger charge is 2.55. The zero-order valence-electron chi connectivity index (χ0n) is 32.3. The molecule has 294 valence electrons. The monoisotopic (exact) mass is 788 g/mol. The summed E-state index contributed by atoms with van der Waals surface area (Å²) in [6.07, 6.45) is -2.70. The summed E-state index contributed by atoms with van der Waals surface area (Å²) in [5, 5.41) is 6.20. The van der Waals surface area contributed by atoms with E-state index in [1.54, 1.807) is 65.0 Å². The van der Waals surface area contributed by atoms with Crippen LogP contribution in [0.4, 0.5) is 10.6 Å². The molecule has 0 saturated carbocycles. The summed E-state index contributed by atoms with van der Waals surface area (Å²) in [6, 6.07) is 7.76. The molecule has 17 nitrogen and oxygen atoms in total. The first-order chi connectivity index (χ1) is 25.3. The predicted molar refractivity (Wildman–Crippen MR) is 201 cm³/mol. The van der Waals surface area contributed by atoms with Gasteiger partial charge in [0.05, 0.1) is 38.3 Å². The second-order valence-corrected chi connectivity index (χ2v) is 20.2. The third-order valence-electron chi connectivity index (χ3n) is 9.02. The van der Waals surface area contributed by atoms with E-state index in [0.29, 0.717) is 5.56 Å². The minimum atomic E-state index is -2.64. The summed E-state index contributed by atoms with van der Waals surface area (Å²) in [5.74, 6) is -1.92. The first-order valence-electron chi connectivity index (χ1n) is 17.6. The van der Waals surface area contributed by atoms with Crippen molar-refractivity contribution in [1.82, 2.24) is 19.5 Å². The average molecular weight is 789 g/mol. The molecule has 19 heteroatoms. The number of hydrogen-bond acceptors (Lipinski definition) is 13. The van der Waals surface area contributed by atoms with Gasteiger partial charge in [-0.15, -0.1) is 0 Å². The highest BCUT2D eigenvalue weighted by molar-refractivity contribution is 6.74. The molecule has 3 aromatic rings. The Morgan fingerprint density at radius 3 is 2.22 bits per heavy atom. The fraction of sp³-hybridized carbons (Fsp3) is 0.600. The van der Waals surface area contributed by atoms with Crippen LogP contribution in [0.1, 0.15) is 67.2 Å². The molecule has 1 saturated heterocycles. The number of nitrogens with zero attached hydrogens (tertiary/aromatic N) is 7. The molecule has 0 spiro atoms. The maximum absolute atomic E-state index is 13.7. The Balaban J connectivity index is 1.82. The number of halogens is 1. The third kappa shape index (κ3) is 9.66. The molecular formula is C35H49ClN8O9Si. The van der Waals surface area contributed by atoms with Gasteiger partial charge in [0.25, 0.3) is 5.60 Å². The van der Waals surface area contributed by atoms with Gasteiger partial charge in [-0.1, -0.05) is 56.2 Å². The standard InChI is InChI=1S/C35H49ClN8O9Si/c1-11-48-29(45)35(30(46)49-12-2,18-21-16-14-13-15-17-21)50-19-22-23(42-43-37)25(53-54(9,10)34(6,7)8)28(51-22)44-20-38-24-26(39-31(36)41-27(24)44)40-32(47)52-33(3,4)5/h13-17,20,22-23,25,28H,11-12,18-19H2,1-10H3,(H,39,40,41,47)/t22-,23-,25-,28-/m1/s1. The van der Waals surface area contributed by atoms with E-state index >= 15 is 0 Å². The number of ether oxygens (including phenoxy) is 5. The molecule has 1 aromatic carbocycles. The quantitative estimate of drug-likeness (QED) is 0.0258. The second kappa shape index (κ2) is 17.0. The van der Waals surface area contributed by atoms with Crippen LogP contribution in [0.2, 0.25) is 23.4 Å². The fourth-order valence-corrected chi connectivity index (χ4v) is 6.94. The third-order valence-corrected chi connectivity index (χ3v) is 13.7. The van der Waals surface area contributed by atoms with Crippen LogP contribution < -0.4 is 5.32 Å². The summed E-state index contributed by atoms with van der Waals surface area (Å²) >= 11 is 6.37. The topological polar surface area (TPSA) is 211 Å². The van der Waals surface area contributed by atoms with E-state index in [4.69, 9.17) is 39.7 Å². The van der Waals surface area contributed by atoms with Crippen molar-refractivity contribution in [1.29, 1.82) is 0 Å². The van der Waals surface area contributed by atoms with E-state index in [1.165, 1.54) is 10.9 Å². The number of fused-ring (bicyclic) bond motifs is 1. The van der Waals surface area contributed by atoms with Crippen LogP contribution in [0, 0.1) is 0 Å². The van der Waals surface area contributed by atoms with Crippen molar-refractivity contribution in [3.63, 3.8) is 0 Å². The van der Waals surface area contributed by atoms with Crippen LogP contribution in [0.5, 0.6) is 0 Å². The fourth-order valence-electron chi connectivity index (χ4n) is 5.49. The van der Waals surface area contributed by atoms with Gasteiger partial charge in [-0.05, 0) is 75.4 Å². The number of carbonyl (C=O) groups excluding carboxylic acids is 3. The summed E-state index contributed by atoms with van der Waals surface area (Å²) in [5.41, 5.74) is 7.73. The van der Waals surface area contributed by atoms with Gasteiger partial charge in [-0.2, -0.15) is 9.97 Å². The van der Waals surface area contributed by atoms with Gasteiger partial charge >= 0.3 is 18.0 Å². The number of nitrogens with one attached hydrogen (secondary N) is 1. The van der Waals surface area contributed by atoms with Crippen molar-refractivity contribution in [2.75, 3.05) is 25.1 Å². The lowest BCUT2D eigenvalue weighted by Gasteiger charge is -2.40. The Hall–Kier alpha value is -4.32. The Kier molecular flexibility index (Phi) is 13.4. The summed E-state index contributed by atoms with van der Waals surface area (Å²) in [7, 11) is -2.64. The second-order valence-electron chi connectivity index (χ2n) is 15.1. The molecule has 1 aliphatic heterocycles. The van der Waals surface area contributed by atoms with E-state index in [0.717, 1.165) is 0 Å². The maximum Gasteiger partial charge on any atom is 0.413 e. The minimum absolute atomic E-state index is 0.0149. The van der Waals surface area contributed by atoms with Crippen LogP contribution in [-0.2, 0) is 44.1 Å². The minimum Gasteiger partial charge on any atom is -0.463 e. The lowest BCUT2D eigenvalue weighted by atomic mass is 9.93. The van der Waals surface area contributed by atoms with E-state index in [1.807, 2.05) is 13.1 Å². The molecule has 3 heterocycles. The van der Waals surface area contributed by atoms with Gasteiger partial charge < -0.3 is 28.1 Å². The van der Waals surface area contributed by atoms with E-state index in [9.17, 15) is 19.9 Å². The number of imidazole rings is 1. The molecule has 1 amide bonds. The van der Waals surface area contributed by atoms with E-state index < -0.39 is 68.6 Å². The lowest BCUT2D eigenvalue weighted by molar-refractivity contribution is -0.195.